The van der Waals surface area contributed by atoms with Crippen molar-refractivity contribution in [3.05, 3.63) is 34.5 Å². The van der Waals surface area contributed by atoms with Crippen molar-refractivity contribution in [3.63, 3.8) is 0 Å². The lowest BCUT2D eigenvalue weighted by atomic mass is 10.1. The van der Waals surface area contributed by atoms with Crippen LogP contribution in [0.15, 0.2) is 23.1 Å². The molecule has 0 N–H and O–H groups in total. The summed E-state index contributed by atoms with van der Waals surface area (Å²) in [6.45, 7) is 0.0340. The lowest BCUT2D eigenvalue weighted by Gasteiger charge is -2.33. The van der Waals surface area contributed by atoms with Crippen LogP contribution in [-0.4, -0.2) is 10.9 Å². The van der Waals surface area contributed by atoms with Crippen LogP contribution in [0.25, 0.3) is 0 Å². The summed E-state index contributed by atoms with van der Waals surface area (Å²) in [5.41, 5.74) is -0.242. The van der Waals surface area contributed by atoms with Crippen LogP contribution >= 0.6 is 11.8 Å². The Bertz CT molecular complexity index is 380. The molecule has 2 nitrogen and oxygen atoms in total. The van der Waals surface area contributed by atoms with Gasteiger partial charge in [0, 0.05) is 17.3 Å². The van der Waals surface area contributed by atoms with Gasteiger partial charge in [-0.15, -0.1) is 11.8 Å². The van der Waals surface area contributed by atoms with Crippen molar-refractivity contribution in [1.82, 2.24) is 5.06 Å². The predicted octanol–water partition coefficient (Wildman–Crippen LogP) is 3.07. The maximum absolute atomic E-state index is 12.4. The van der Waals surface area contributed by atoms with Crippen LogP contribution in [0.1, 0.15) is 11.1 Å². The largest absolute Gasteiger partial charge is 0.784 e. The maximum Gasteiger partial charge on any atom is 0.416 e. The number of hydrogen-bond donors (Lipinski definition) is 0. The van der Waals surface area contributed by atoms with Crippen LogP contribution < -0.4 is 0 Å². The molecule has 0 bridgehead atoms. The molecule has 1 aromatic carbocycles. The highest BCUT2D eigenvalue weighted by molar-refractivity contribution is 7.99. The molecule has 1 heterocycles. The SMILES string of the molecule is [O-]N1CSc2ccc(C(F)(F)F)cc2C1. The first kappa shape index (κ1) is 10.8. The fourth-order valence-corrected chi connectivity index (χ4v) is 2.24. The number of fused-ring (bicyclic) bond motifs is 1. The van der Waals surface area contributed by atoms with Gasteiger partial charge in [-0.1, -0.05) is 0 Å². The van der Waals surface area contributed by atoms with Gasteiger partial charge < -0.3 is 10.3 Å². The molecular formula is C9H7F3NOS-. The second-order valence-corrected chi connectivity index (χ2v) is 4.22. The molecule has 0 atom stereocenters. The Labute approximate surface area is 88.6 Å². The van der Waals surface area contributed by atoms with Gasteiger partial charge in [0.15, 0.2) is 0 Å². The zero-order valence-corrected chi connectivity index (χ0v) is 8.36. The van der Waals surface area contributed by atoms with E-state index >= 15 is 0 Å². The minimum atomic E-state index is -4.34. The first-order chi connectivity index (χ1) is 6.97. The van der Waals surface area contributed by atoms with Crippen LogP contribution in [-0.2, 0) is 12.7 Å². The quantitative estimate of drug-likeness (QED) is 0.690. The standard InChI is InChI=1S/C9H7F3NOS/c10-9(11,12)7-1-2-8-6(3-7)4-13(14)5-15-8/h1-3H,4-5H2/q-1. The third kappa shape index (κ3) is 2.27. The maximum atomic E-state index is 12.4. The first-order valence-electron chi connectivity index (χ1n) is 4.22. The van der Waals surface area contributed by atoms with Crippen molar-refractivity contribution in [2.45, 2.75) is 17.6 Å². The van der Waals surface area contributed by atoms with Gasteiger partial charge in [0.05, 0.1) is 5.56 Å². The van der Waals surface area contributed by atoms with E-state index in [1.54, 1.807) is 0 Å². The van der Waals surface area contributed by atoms with E-state index in [9.17, 15) is 18.4 Å². The second-order valence-electron chi connectivity index (χ2n) is 3.23. The fraction of sp³-hybridized carbons (Fsp3) is 0.333. The number of hydroxylamine groups is 2. The number of alkyl halides is 3. The molecule has 2 rings (SSSR count). The van der Waals surface area contributed by atoms with Gasteiger partial charge in [0.2, 0.25) is 0 Å². The zero-order valence-electron chi connectivity index (χ0n) is 7.54. The van der Waals surface area contributed by atoms with Gasteiger partial charge in [0.1, 0.15) is 0 Å². The first-order valence-corrected chi connectivity index (χ1v) is 5.20. The minimum Gasteiger partial charge on any atom is -0.784 e. The molecule has 0 unspecified atom stereocenters. The molecule has 0 saturated carbocycles. The number of hydrogen-bond acceptors (Lipinski definition) is 3. The van der Waals surface area contributed by atoms with Crippen LogP contribution in [0.3, 0.4) is 0 Å². The van der Waals surface area contributed by atoms with E-state index in [0.717, 1.165) is 22.1 Å². The molecule has 0 saturated heterocycles. The average Bonchev–Trinajstić information content (AvgIpc) is 2.15. The molecule has 0 fully saturated rings. The van der Waals surface area contributed by atoms with Gasteiger partial charge in [-0.25, -0.2) is 0 Å². The van der Waals surface area contributed by atoms with E-state index < -0.39 is 11.7 Å². The number of benzene rings is 1. The van der Waals surface area contributed by atoms with Gasteiger partial charge >= 0.3 is 6.18 Å². The third-order valence-corrected chi connectivity index (χ3v) is 3.22. The Kier molecular flexibility index (Phi) is 2.66. The summed E-state index contributed by atoms with van der Waals surface area (Å²) in [4.78, 5) is 0.759. The molecule has 1 aliphatic heterocycles. The van der Waals surface area contributed by atoms with Crippen LogP contribution in [0.5, 0.6) is 0 Å². The highest BCUT2D eigenvalue weighted by atomic mass is 32.2. The smallest absolute Gasteiger partial charge is 0.416 e. The molecule has 15 heavy (non-hydrogen) atoms. The van der Waals surface area contributed by atoms with E-state index in [-0.39, 0.29) is 12.4 Å². The second kappa shape index (κ2) is 3.70. The highest BCUT2D eigenvalue weighted by Gasteiger charge is 2.31. The van der Waals surface area contributed by atoms with Crippen molar-refractivity contribution in [1.29, 1.82) is 0 Å². The van der Waals surface area contributed by atoms with Crippen LogP contribution in [0.2, 0.25) is 0 Å². The molecule has 1 aliphatic rings. The summed E-state index contributed by atoms with van der Waals surface area (Å²) in [6, 6.07) is 3.52. The van der Waals surface area contributed by atoms with Crippen molar-refractivity contribution in [2.24, 2.45) is 0 Å². The number of thioether (sulfide) groups is 1. The zero-order chi connectivity index (χ0) is 11.1. The van der Waals surface area contributed by atoms with Gasteiger partial charge in [-0.05, 0) is 23.8 Å². The van der Waals surface area contributed by atoms with Crippen molar-refractivity contribution >= 4 is 11.8 Å². The Morgan fingerprint density at radius 2 is 2.07 bits per heavy atom. The summed E-state index contributed by atoms with van der Waals surface area (Å²) in [5.74, 6) is 0.276. The lowest BCUT2D eigenvalue weighted by Crippen LogP contribution is -2.20. The molecule has 0 radical (unpaired) electrons. The van der Waals surface area contributed by atoms with E-state index in [2.05, 4.69) is 0 Å². The summed E-state index contributed by atoms with van der Waals surface area (Å²) in [5, 5.41) is 11.7. The van der Waals surface area contributed by atoms with Crippen LogP contribution in [0, 0.1) is 5.21 Å². The summed E-state index contributed by atoms with van der Waals surface area (Å²) < 4.78 is 37.1. The van der Waals surface area contributed by atoms with Gasteiger partial charge in [-0.2, -0.15) is 13.2 Å². The summed E-state index contributed by atoms with van der Waals surface area (Å²) in [6.07, 6.45) is -4.34. The minimum absolute atomic E-state index is 0.0340. The van der Waals surface area contributed by atoms with Gasteiger partial charge in [0.25, 0.3) is 0 Å². The van der Waals surface area contributed by atoms with Crippen molar-refractivity contribution < 1.29 is 13.2 Å². The molecule has 0 amide bonds. The Balaban J connectivity index is 2.37. The number of rotatable bonds is 0. The monoisotopic (exact) mass is 234 g/mol. The molecule has 82 valence electrons. The van der Waals surface area contributed by atoms with E-state index in [0.29, 0.717) is 5.56 Å². The van der Waals surface area contributed by atoms with Crippen molar-refractivity contribution in [3.8, 4) is 0 Å². The van der Waals surface area contributed by atoms with Crippen LogP contribution in [0.4, 0.5) is 13.2 Å². The molecule has 0 aliphatic carbocycles. The van der Waals surface area contributed by atoms with E-state index in [1.807, 2.05) is 0 Å². The Morgan fingerprint density at radius 1 is 1.33 bits per heavy atom. The Morgan fingerprint density at radius 3 is 2.73 bits per heavy atom. The average molecular weight is 234 g/mol. The molecule has 0 spiro atoms. The van der Waals surface area contributed by atoms with Gasteiger partial charge in [-0.3, -0.25) is 0 Å². The predicted molar refractivity (Wildman–Crippen MR) is 51.1 cm³/mol. The summed E-state index contributed by atoms with van der Waals surface area (Å²) in [7, 11) is 0. The molecule has 1 aromatic rings. The number of halogens is 3. The normalized spacial score (nSPS) is 17.6. The number of nitrogens with zero attached hydrogens (tertiary/aromatic N) is 1. The lowest BCUT2D eigenvalue weighted by molar-refractivity contribution is -0.137. The molecule has 6 heteroatoms. The third-order valence-electron chi connectivity index (χ3n) is 2.10. The van der Waals surface area contributed by atoms with E-state index in [4.69, 9.17) is 0 Å². The highest BCUT2D eigenvalue weighted by Crippen LogP contribution is 2.35. The summed E-state index contributed by atoms with van der Waals surface area (Å²) >= 11 is 1.26. The Hall–Kier alpha value is -0.720. The molecule has 0 aromatic heterocycles. The van der Waals surface area contributed by atoms with Crippen molar-refractivity contribution in [2.75, 3.05) is 5.88 Å². The molecular weight excluding hydrogens is 227 g/mol. The fourth-order valence-electron chi connectivity index (χ4n) is 1.40. The van der Waals surface area contributed by atoms with E-state index in [1.165, 1.54) is 17.8 Å². The topological polar surface area (TPSA) is 26.3 Å².